The van der Waals surface area contributed by atoms with Crippen LogP contribution in [0.3, 0.4) is 0 Å². The zero-order valence-corrected chi connectivity index (χ0v) is 10.3. The highest BCUT2D eigenvalue weighted by Gasteiger charge is 2.15. The maximum Gasteiger partial charge on any atom is 0.241 e. The monoisotopic (exact) mass is 254 g/mol. The summed E-state index contributed by atoms with van der Waals surface area (Å²) in [5, 5.41) is 3.38. The topological polar surface area (TPSA) is 58.1 Å². The molecule has 0 aromatic carbocycles. The largest absolute Gasteiger partial charge is 0.345 e. The zero-order chi connectivity index (χ0) is 12.1. The first-order valence-electron chi connectivity index (χ1n) is 5.75. The number of piperidine rings is 1. The highest BCUT2D eigenvalue weighted by atomic mass is 35.5. The molecule has 92 valence electrons. The SMILES string of the molecule is O=C(CNc1ncc(Cl)cn1)N1CCCCC1. The summed E-state index contributed by atoms with van der Waals surface area (Å²) in [7, 11) is 0. The second kappa shape index (κ2) is 5.82. The highest BCUT2D eigenvalue weighted by molar-refractivity contribution is 6.30. The molecule has 1 N–H and O–H groups in total. The lowest BCUT2D eigenvalue weighted by Gasteiger charge is -2.26. The molecule has 1 aliphatic heterocycles. The number of carbonyl (C=O) groups excluding carboxylic acids is 1. The summed E-state index contributed by atoms with van der Waals surface area (Å²) in [4.78, 5) is 21.6. The Balaban J connectivity index is 1.81. The van der Waals surface area contributed by atoms with Crippen molar-refractivity contribution < 1.29 is 4.79 Å². The van der Waals surface area contributed by atoms with E-state index in [1.54, 1.807) is 0 Å². The molecule has 17 heavy (non-hydrogen) atoms. The molecule has 6 heteroatoms. The Morgan fingerprint density at radius 1 is 1.29 bits per heavy atom. The molecule has 0 atom stereocenters. The van der Waals surface area contributed by atoms with Crippen LogP contribution in [0.2, 0.25) is 5.02 Å². The minimum Gasteiger partial charge on any atom is -0.345 e. The average molecular weight is 255 g/mol. The highest BCUT2D eigenvalue weighted by Crippen LogP contribution is 2.09. The molecule has 1 aromatic heterocycles. The predicted molar refractivity (Wildman–Crippen MR) is 66.0 cm³/mol. The van der Waals surface area contributed by atoms with Crippen molar-refractivity contribution in [1.29, 1.82) is 0 Å². The van der Waals surface area contributed by atoms with Gasteiger partial charge in [0.25, 0.3) is 0 Å². The van der Waals surface area contributed by atoms with E-state index in [0.29, 0.717) is 11.0 Å². The number of rotatable bonds is 3. The molecule has 1 amide bonds. The molecule has 2 heterocycles. The van der Waals surface area contributed by atoms with Crippen LogP contribution in [0.5, 0.6) is 0 Å². The third-order valence-electron chi connectivity index (χ3n) is 2.73. The first-order chi connectivity index (χ1) is 8.25. The molecular formula is C11H15ClN4O. The molecule has 0 unspecified atom stereocenters. The van der Waals surface area contributed by atoms with Crippen LogP contribution in [0.4, 0.5) is 5.95 Å². The summed E-state index contributed by atoms with van der Waals surface area (Å²) >= 11 is 5.67. The molecule has 5 nitrogen and oxygen atoms in total. The Kier molecular flexibility index (Phi) is 4.14. The van der Waals surface area contributed by atoms with E-state index in [9.17, 15) is 4.79 Å². The fourth-order valence-electron chi connectivity index (χ4n) is 1.81. The number of amides is 1. The van der Waals surface area contributed by atoms with Gasteiger partial charge in [-0.15, -0.1) is 0 Å². The van der Waals surface area contributed by atoms with Crippen molar-refractivity contribution in [3.63, 3.8) is 0 Å². The summed E-state index contributed by atoms with van der Waals surface area (Å²) in [6, 6.07) is 0. The van der Waals surface area contributed by atoms with Gasteiger partial charge in [0.05, 0.1) is 24.0 Å². The van der Waals surface area contributed by atoms with E-state index in [0.717, 1.165) is 25.9 Å². The van der Waals surface area contributed by atoms with E-state index in [1.807, 2.05) is 4.90 Å². The van der Waals surface area contributed by atoms with Gasteiger partial charge in [0.1, 0.15) is 0 Å². The lowest BCUT2D eigenvalue weighted by molar-refractivity contribution is -0.130. The zero-order valence-electron chi connectivity index (χ0n) is 9.53. The molecule has 1 aromatic rings. The minimum absolute atomic E-state index is 0.100. The molecule has 0 bridgehead atoms. The number of hydrogen-bond donors (Lipinski definition) is 1. The Morgan fingerprint density at radius 2 is 1.94 bits per heavy atom. The first kappa shape index (κ1) is 12.1. The fourth-order valence-corrected chi connectivity index (χ4v) is 1.91. The van der Waals surface area contributed by atoms with Gasteiger partial charge in [0.15, 0.2) is 0 Å². The lowest BCUT2D eigenvalue weighted by atomic mass is 10.1. The molecule has 1 fully saturated rings. The number of aromatic nitrogens is 2. The van der Waals surface area contributed by atoms with Gasteiger partial charge in [0.2, 0.25) is 11.9 Å². The maximum absolute atomic E-state index is 11.8. The predicted octanol–water partition coefficient (Wildman–Crippen LogP) is 1.55. The van der Waals surface area contributed by atoms with Crippen molar-refractivity contribution >= 4 is 23.5 Å². The molecule has 1 aliphatic rings. The van der Waals surface area contributed by atoms with Crippen LogP contribution in [0.15, 0.2) is 12.4 Å². The van der Waals surface area contributed by atoms with Gasteiger partial charge in [-0.05, 0) is 19.3 Å². The quantitative estimate of drug-likeness (QED) is 0.889. The van der Waals surface area contributed by atoms with Crippen molar-refractivity contribution in [2.45, 2.75) is 19.3 Å². The van der Waals surface area contributed by atoms with Gasteiger partial charge < -0.3 is 10.2 Å². The van der Waals surface area contributed by atoms with Gasteiger partial charge in [-0.3, -0.25) is 4.79 Å². The Bertz CT molecular complexity index is 376. The summed E-state index contributed by atoms with van der Waals surface area (Å²) in [6.45, 7) is 1.96. The summed E-state index contributed by atoms with van der Waals surface area (Å²) in [5.41, 5.74) is 0. The third kappa shape index (κ3) is 3.56. The Morgan fingerprint density at radius 3 is 2.59 bits per heavy atom. The van der Waals surface area contributed by atoms with Crippen LogP contribution in [-0.4, -0.2) is 40.4 Å². The molecule has 0 aliphatic carbocycles. The summed E-state index contributed by atoms with van der Waals surface area (Å²) < 4.78 is 0. The van der Waals surface area contributed by atoms with Gasteiger partial charge in [0, 0.05) is 13.1 Å². The van der Waals surface area contributed by atoms with Crippen molar-refractivity contribution in [2.24, 2.45) is 0 Å². The first-order valence-corrected chi connectivity index (χ1v) is 6.13. The second-order valence-electron chi connectivity index (χ2n) is 4.02. The number of likely N-dealkylation sites (tertiary alicyclic amines) is 1. The van der Waals surface area contributed by atoms with Crippen LogP contribution in [-0.2, 0) is 4.79 Å². The molecule has 2 rings (SSSR count). The third-order valence-corrected chi connectivity index (χ3v) is 2.92. The van der Waals surface area contributed by atoms with Crippen LogP contribution in [0.25, 0.3) is 0 Å². The number of nitrogens with zero attached hydrogens (tertiary/aromatic N) is 3. The van der Waals surface area contributed by atoms with Crippen molar-refractivity contribution in [3.05, 3.63) is 17.4 Å². The van der Waals surface area contributed by atoms with Crippen molar-refractivity contribution in [3.8, 4) is 0 Å². The van der Waals surface area contributed by atoms with Gasteiger partial charge in [-0.25, -0.2) is 9.97 Å². The van der Waals surface area contributed by atoms with Gasteiger partial charge in [-0.2, -0.15) is 0 Å². The standard InChI is InChI=1S/C11H15ClN4O/c12-9-6-13-11(14-7-9)15-8-10(17)16-4-2-1-3-5-16/h6-7H,1-5,8H2,(H,13,14,15). The normalized spacial score (nSPS) is 15.7. The van der Waals surface area contributed by atoms with E-state index in [2.05, 4.69) is 15.3 Å². The average Bonchev–Trinajstić information content (AvgIpc) is 2.39. The number of halogens is 1. The maximum atomic E-state index is 11.8. The Hall–Kier alpha value is -1.36. The fraction of sp³-hybridized carbons (Fsp3) is 0.545. The number of nitrogens with one attached hydrogen (secondary N) is 1. The Labute approximate surface area is 105 Å². The van der Waals surface area contributed by atoms with Crippen LogP contribution < -0.4 is 5.32 Å². The number of carbonyl (C=O) groups is 1. The van der Waals surface area contributed by atoms with E-state index in [-0.39, 0.29) is 12.5 Å². The minimum atomic E-state index is 0.100. The van der Waals surface area contributed by atoms with E-state index in [4.69, 9.17) is 11.6 Å². The molecular weight excluding hydrogens is 240 g/mol. The van der Waals surface area contributed by atoms with E-state index >= 15 is 0 Å². The second-order valence-corrected chi connectivity index (χ2v) is 4.46. The van der Waals surface area contributed by atoms with Crippen LogP contribution >= 0.6 is 11.6 Å². The van der Waals surface area contributed by atoms with E-state index < -0.39 is 0 Å². The van der Waals surface area contributed by atoms with Crippen LogP contribution in [0.1, 0.15) is 19.3 Å². The van der Waals surface area contributed by atoms with Gasteiger partial charge >= 0.3 is 0 Å². The summed E-state index contributed by atoms with van der Waals surface area (Å²) in [6.07, 6.45) is 6.42. The smallest absolute Gasteiger partial charge is 0.241 e. The molecule has 0 spiro atoms. The molecule has 0 radical (unpaired) electrons. The van der Waals surface area contributed by atoms with Crippen molar-refractivity contribution in [2.75, 3.05) is 25.0 Å². The lowest BCUT2D eigenvalue weighted by Crippen LogP contribution is -2.39. The molecule has 1 saturated heterocycles. The number of hydrogen-bond acceptors (Lipinski definition) is 4. The van der Waals surface area contributed by atoms with Gasteiger partial charge in [-0.1, -0.05) is 11.6 Å². The summed E-state index contributed by atoms with van der Waals surface area (Å²) in [5.74, 6) is 0.531. The van der Waals surface area contributed by atoms with E-state index in [1.165, 1.54) is 18.8 Å². The molecule has 0 saturated carbocycles. The van der Waals surface area contributed by atoms with Crippen LogP contribution in [0, 0.1) is 0 Å². The van der Waals surface area contributed by atoms with Crippen molar-refractivity contribution in [1.82, 2.24) is 14.9 Å². The number of anilines is 1.